The summed E-state index contributed by atoms with van der Waals surface area (Å²) in [5.74, 6) is 0.141. The molecule has 2 N–H and O–H groups in total. The van der Waals surface area contributed by atoms with Crippen molar-refractivity contribution in [3.8, 4) is 11.3 Å². The normalized spacial score (nSPS) is 13.3. The number of nitrogens with zero attached hydrogens (tertiary/aromatic N) is 2. The van der Waals surface area contributed by atoms with Crippen LogP contribution in [0.25, 0.3) is 11.3 Å². The fourth-order valence-corrected chi connectivity index (χ4v) is 5.06. The number of carbonyl (C=O) groups excluding carboxylic acids is 2. The Labute approximate surface area is 244 Å². The van der Waals surface area contributed by atoms with Crippen LogP contribution < -0.4 is 15.5 Å². The van der Waals surface area contributed by atoms with E-state index >= 15 is 0 Å². The van der Waals surface area contributed by atoms with Crippen LogP contribution in [0.2, 0.25) is 15.1 Å². The number of amides is 2. The summed E-state index contributed by atoms with van der Waals surface area (Å²) in [6.07, 6.45) is 1.49. The Hall–Kier alpha value is -3.50. The summed E-state index contributed by atoms with van der Waals surface area (Å²) >= 11 is 24.1. The first-order valence-corrected chi connectivity index (χ1v) is 13.4. The van der Waals surface area contributed by atoms with Crippen molar-refractivity contribution in [2.45, 2.75) is 0 Å². The molecule has 12 heteroatoms. The molecule has 0 bridgehead atoms. The van der Waals surface area contributed by atoms with Crippen molar-refractivity contribution in [2.24, 2.45) is 0 Å². The number of piperazine rings is 1. The lowest BCUT2D eigenvalue weighted by molar-refractivity contribution is 0.0714. The number of anilines is 2. The van der Waals surface area contributed by atoms with E-state index < -0.39 is 5.91 Å². The second-order valence-corrected chi connectivity index (χ2v) is 10.3. The summed E-state index contributed by atoms with van der Waals surface area (Å²) in [5.41, 5.74) is 2.01. The van der Waals surface area contributed by atoms with Crippen molar-refractivity contribution in [3.05, 3.63) is 93.5 Å². The van der Waals surface area contributed by atoms with Crippen LogP contribution in [0.5, 0.6) is 0 Å². The molecule has 200 valence electrons. The first-order chi connectivity index (χ1) is 18.8. The third-order valence-corrected chi connectivity index (χ3v) is 7.17. The number of halogens is 3. The van der Waals surface area contributed by atoms with Gasteiger partial charge in [-0.1, -0.05) is 34.8 Å². The highest BCUT2D eigenvalue weighted by Gasteiger charge is 2.25. The molecular weight excluding hydrogens is 583 g/mol. The molecule has 1 aliphatic rings. The molecule has 2 aromatic carbocycles. The predicted octanol–water partition coefficient (Wildman–Crippen LogP) is 6.59. The van der Waals surface area contributed by atoms with E-state index in [1.165, 1.54) is 12.3 Å². The van der Waals surface area contributed by atoms with Gasteiger partial charge in [-0.3, -0.25) is 14.9 Å². The number of rotatable bonds is 5. The average molecular weight is 604 g/mol. The molecule has 0 saturated carbocycles. The summed E-state index contributed by atoms with van der Waals surface area (Å²) in [7, 11) is 0. The lowest BCUT2D eigenvalue weighted by atomic mass is 10.2. The van der Waals surface area contributed by atoms with Crippen LogP contribution in [0, 0.1) is 0 Å². The predicted molar refractivity (Wildman–Crippen MR) is 156 cm³/mol. The maximum atomic E-state index is 12.7. The van der Waals surface area contributed by atoms with Crippen LogP contribution in [0.4, 0.5) is 11.4 Å². The number of nitrogens with one attached hydrogen (secondary N) is 2. The van der Waals surface area contributed by atoms with Gasteiger partial charge in [0.1, 0.15) is 5.76 Å². The van der Waals surface area contributed by atoms with Gasteiger partial charge in [-0.25, -0.2) is 0 Å². The van der Waals surface area contributed by atoms with E-state index in [2.05, 4.69) is 15.5 Å². The molecule has 39 heavy (non-hydrogen) atoms. The number of benzene rings is 2. The number of furan rings is 2. The second-order valence-electron chi connectivity index (χ2n) is 8.62. The van der Waals surface area contributed by atoms with E-state index in [1.807, 2.05) is 12.1 Å². The van der Waals surface area contributed by atoms with Gasteiger partial charge in [0.25, 0.3) is 11.8 Å². The lowest BCUT2D eigenvalue weighted by Gasteiger charge is -2.36. The summed E-state index contributed by atoms with van der Waals surface area (Å²) in [6.45, 7) is 2.34. The Kier molecular flexibility index (Phi) is 8.13. The molecule has 1 fully saturated rings. The third-order valence-electron chi connectivity index (χ3n) is 6.10. The highest BCUT2D eigenvalue weighted by molar-refractivity contribution is 7.80. The molecular formula is C27H21Cl3N4O4S. The highest BCUT2D eigenvalue weighted by Crippen LogP contribution is 2.32. The summed E-state index contributed by atoms with van der Waals surface area (Å²) in [4.78, 5) is 29.0. The number of hydrogen-bond acceptors (Lipinski definition) is 6. The van der Waals surface area contributed by atoms with Crippen LogP contribution in [0.3, 0.4) is 0 Å². The van der Waals surface area contributed by atoms with Gasteiger partial charge in [-0.05, 0) is 72.9 Å². The summed E-state index contributed by atoms with van der Waals surface area (Å²) in [6, 6.07) is 16.9. The Morgan fingerprint density at radius 1 is 0.872 bits per heavy atom. The van der Waals surface area contributed by atoms with Crippen LogP contribution in [-0.4, -0.2) is 48.0 Å². The molecule has 0 unspecified atom stereocenters. The molecule has 0 radical (unpaired) electrons. The van der Waals surface area contributed by atoms with Gasteiger partial charge < -0.3 is 24.0 Å². The third kappa shape index (κ3) is 6.23. The Balaban J connectivity index is 1.16. The zero-order chi connectivity index (χ0) is 27.5. The van der Waals surface area contributed by atoms with E-state index in [0.29, 0.717) is 64.0 Å². The largest absolute Gasteiger partial charge is 0.459 e. The standard InChI is InChI=1S/C27H21Cl3N4O4S/c28-16-3-5-19(29)18(14-16)22-7-8-23(38-22)25(35)32-27(39)31-17-4-6-21(20(30)15-17)33-9-11-34(12-10-33)26(36)24-2-1-13-37-24/h1-8,13-15H,9-12H2,(H2,31,32,35,39). The molecule has 2 amide bonds. The van der Waals surface area contributed by atoms with E-state index in [9.17, 15) is 9.59 Å². The Morgan fingerprint density at radius 2 is 1.67 bits per heavy atom. The molecule has 1 saturated heterocycles. The zero-order valence-corrected chi connectivity index (χ0v) is 23.3. The molecule has 2 aromatic heterocycles. The van der Waals surface area contributed by atoms with Gasteiger partial charge in [0.15, 0.2) is 16.6 Å². The van der Waals surface area contributed by atoms with E-state index in [0.717, 1.165) is 5.69 Å². The van der Waals surface area contributed by atoms with Crippen molar-refractivity contribution >= 4 is 75.3 Å². The molecule has 0 aliphatic carbocycles. The molecule has 8 nitrogen and oxygen atoms in total. The van der Waals surface area contributed by atoms with E-state index in [1.54, 1.807) is 47.4 Å². The quantitative estimate of drug-likeness (QED) is 0.249. The van der Waals surface area contributed by atoms with Gasteiger partial charge in [0.05, 0.1) is 22.0 Å². The van der Waals surface area contributed by atoms with Crippen LogP contribution in [0.15, 0.2) is 75.8 Å². The van der Waals surface area contributed by atoms with Gasteiger partial charge in [-0.2, -0.15) is 0 Å². The van der Waals surface area contributed by atoms with Crippen molar-refractivity contribution in [2.75, 3.05) is 36.4 Å². The second kappa shape index (κ2) is 11.7. The molecule has 0 atom stereocenters. The van der Waals surface area contributed by atoms with E-state index in [-0.39, 0.29) is 16.8 Å². The fourth-order valence-electron chi connectivity index (χ4n) is 4.17. The molecule has 1 aliphatic heterocycles. The van der Waals surface area contributed by atoms with Crippen molar-refractivity contribution in [1.29, 1.82) is 0 Å². The first-order valence-electron chi connectivity index (χ1n) is 11.8. The van der Waals surface area contributed by atoms with Gasteiger partial charge in [0, 0.05) is 42.5 Å². The van der Waals surface area contributed by atoms with Gasteiger partial charge in [-0.15, -0.1) is 0 Å². The maximum absolute atomic E-state index is 12.7. The van der Waals surface area contributed by atoms with Gasteiger partial charge in [0.2, 0.25) is 0 Å². The Morgan fingerprint density at radius 3 is 2.38 bits per heavy atom. The number of carbonyl (C=O) groups is 2. The minimum Gasteiger partial charge on any atom is -0.459 e. The number of hydrogen-bond donors (Lipinski definition) is 2. The molecule has 5 rings (SSSR count). The van der Waals surface area contributed by atoms with Crippen molar-refractivity contribution in [3.63, 3.8) is 0 Å². The molecule has 3 heterocycles. The average Bonchev–Trinajstić information content (AvgIpc) is 3.63. The molecule has 0 spiro atoms. The first kappa shape index (κ1) is 27.1. The van der Waals surface area contributed by atoms with Crippen molar-refractivity contribution in [1.82, 2.24) is 10.2 Å². The monoisotopic (exact) mass is 602 g/mol. The van der Waals surface area contributed by atoms with Crippen LogP contribution in [0.1, 0.15) is 21.1 Å². The smallest absolute Gasteiger partial charge is 0.293 e. The molecule has 4 aromatic rings. The van der Waals surface area contributed by atoms with Crippen LogP contribution >= 0.6 is 47.0 Å². The lowest BCUT2D eigenvalue weighted by Crippen LogP contribution is -2.48. The van der Waals surface area contributed by atoms with Gasteiger partial charge >= 0.3 is 0 Å². The Bertz CT molecular complexity index is 1530. The summed E-state index contributed by atoms with van der Waals surface area (Å²) < 4.78 is 10.9. The van der Waals surface area contributed by atoms with Crippen LogP contribution in [-0.2, 0) is 0 Å². The zero-order valence-electron chi connectivity index (χ0n) is 20.2. The number of thiocarbonyl (C=S) groups is 1. The van der Waals surface area contributed by atoms with E-state index in [4.69, 9.17) is 55.9 Å². The minimum absolute atomic E-state index is 0.0586. The highest BCUT2D eigenvalue weighted by atomic mass is 35.5. The van der Waals surface area contributed by atoms with Crippen molar-refractivity contribution < 1.29 is 18.4 Å². The maximum Gasteiger partial charge on any atom is 0.293 e. The summed E-state index contributed by atoms with van der Waals surface area (Å²) in [5, 5.41) is 7.08. The minimum atomic E-state index is -0.526. The SMILES string of the molecule is O=C(NC(=S)Nc1ccc(N2CCN(C(=O)c3ccco3)CC2)c(Cl)c1)c1ccc(-c2cc(Cl)ccc2Cl)o1. The topological polar surface area (TPSA) is 91.0 Å². The fraction of sp³-hybridized carbons (Fsp3) is 0.148.